The van der Waals surface area contributed by atoms with E-state index in [0.717, 1.165) is 30.8 Å². The van der Waals surface area contributed by atoms with Crippen LogP contribution in [0.25, 0.3) is 22.4 Å². The summed E-state index contributed by atoms with van der Waals surface area (Å²) in [4.78, 5) is 15.8. The summed E-state index contributed by atoms with van der Waals surface area (Å²) in [7, 11) is 0. The Morgan fingerprint density at radius 2 is 2.23 bits per heavy atom. The fraction of sp³-hybridized carbons (Fsp3) is 0.389. The largest absolute Gasteiger partial charge is 0.393 e. The normalized spacial score (nSPS) is 23.3. The van der Waals surface area contributed by atoms with Gasteiger partial charge in [0.15, 0.2) is 17.5 Å². The SMILES string of the molecule is CC1(Nc2nc(-c3c[nH]c4ncc(Cl)cc34)ncc2F)CCC[C@H](O)C1. The molecule has 0 aliphatic heterocycles. The van der Waals surface area contributed by atoms with Crippen LogP contribution >= 0.6 is 11.6 Å². The first-order valence-corrected chi connectivity index (χ1v) is 8.93. The van der Waals surface area contributed by atoms with E-state index in [1.807, 2.05) is 6.92 Å². The van der Waals surface area contributed by atoms with E-state index in [-0.39, 0.29) is 11.9 Å². The van der Waals surface area contributed by atoms with Crippen LogP contribution in [0, 0.1) is 5.82 Å². The Labute approximate surface area is 154 Å². The van der Waals surface area contributed by atoms with Gasteiger partial charge in [0.2, 0.25) is 0 Å². The molecule has 1 fully saturated rings. The number of H-pyrrole nitrogens is 1. The third-order valence-electron chi connectivity index (χ3n) is 4.85. The number of aliphatic hydroxyl groups is 1. The number of nitrogens with one attached hydrogen (secondary N) is 2. The highest BCUT2D eigenvalue weighted by molar-refractivity contribution is 6.31. The summed E-state index contributed by atoms with van der Waals surface area (Å²) in [5.41, 5.74) is 0.955. The van der Waals surface area contributed by atoms with Gasteiger partial charge in [0, 0.05) is 28.9 Å². The molecule has 0 saturated heterocycles. The number of pyridine rings is 1. The number of halogens is 2. The second-order valence-electron chi connectivity index (χ2n) is 7.08. The van der Waals surface area contributed by atoms with E-state index in [2.05, 4.69) is 25.3 Å². The lowest BCUT2D eigenvalue weighted by Gasteiger charge is -2.37. The molecule has 1 aliphatic rings. The van der Waals surface area contributed by atoms with E-state index in [1.165, 1.54) is 0 Å². The number of hydrogen-bond acceptors (Lipinski definition) is 5. The Kier molecular flexibility index (Phi) is 4.28. The van der Waals surface area contributed by atoms with Crippen LogP contribution in [0.4, 0.5) is 10.2 Å². The molecule has 0 radical (unpaired) electrons. The van der Waals surface area contributed by atoms with Crippen molar-refractivity contribution in [2.24, 2.45) is 0 Å². The summed E-state index contributed by atoms with van der Waals surface area (Å²) in [6.07, 6.45) is 7.12. The zero-order valence-electron chi connectivity index (χ0n) is 14.3. The van der Waals surface area contributed by atoms with Crippen molar-refractivity contribution in [1.29, 1.82) is 0 Å². The van der Waals surface area contributed by atoms with E-state index >= 15 is 0 Å². The van der Waals surface area contributed by atoms with E-state index in [0.29, 0.717) is 28.5 Å². The number of rotatable bonds is 3. The Morgan fingerprint density at radius 1 is 1.38 bits per heavy atom. The molecule has 26 heavy (non-hydrogen) atoms. The molecule has 8 heteroatoms. The zero-order chi connectivity index (χ0) is 18.3. The van der Waals surface area contributed by atoms with E-state index in [1.54, 1.807) is 18.5 Å². The second-order valence-corrected chi connectivity index (χ2v) is 7.51. The van der Waals surface area contributed by atoms with Gasteiger partial charge in [-0.3, -0.25) is 0 Å². The molecule has 1 saturated carbocycles. The molecular formula is C18H19ClFN5O. The highest BCUT2D eigenvalue weighted by Gasteiger charge is 2.32. The number of fused-ring (bicyclic) bond motifs is 1. The maximum atomic E-state index is 14.3. The molecular weight excluding hydrogens is 357 g/mol. The van der Waals surface area contributed by atoms with Gasteiger partial charge in [-0.15, -0.1) is 0 Å². The first kappa shape index (κ1) is 17.2. The molecule has 4 rings (SSSR count). The molecule has 3 aromatic rings. The minimum absolute atomic E-state index is 0.135. The molecule has 3 N–H and O–H groups in total. The average molecular weight is 376 g/mol. The molecule has 6 nitrogen and oxygen atoms in total. The number of aliphatic hydroxyl groups excluding tert-OH is 1. The Morgan fingerprint density at radius 3 is 3.04 bits per heavy atom. The van der Waals surface area contributed by atoms with Gasteiger partial charge >= 0.3 is 0 Å². The lowest BCUT2D eigenvalue weighted by Crippen LogP contribution is -2.42. The molecule has 136 valence electrons. The predicted molar refractivity (Wildman–Crippen MR) is 98.6 cm³/mol. The van der Waals surface area contributed by atoms with Gasteiger partial charge in [0.1, 0.15) is 5.65 Å². The number of nitrogens with zero attached hydrogens (tertiary/aromatic N) is 3. The maximum Gasteiger partial charge on any atom is 0.183 e. The Balaban J connectivity index is 1.71. The summed E-state index contributed by atoms with van der Waals surface area (Å²) in [5.74, 6) is -0.00820. The van der Waals surface area contributed by atoms with Crippen molar-refractivity contribution in [3.05, 3.63) is 35.5 Å². The highest BCUT2D eigenvalue weighted by Crippen LogP contribution is 2.33. The Hall–Kier alpha value is -2.25. The van der Waals surface area contributed by atoms with Crippen molar-refractivity contribution in [3.8, 4) is 11.4 Å². The first-order valence-electron chi connectivity index (χ1n) is 8.55. The summed E-state index contributed by atoms with van der Waals surface area (Å²) in [6.45, 7) is 1.98. The number of hydrogen-bond donors (Lipinski definition) is 3. The first-order chi connectivity index (χ1) is 12.4. The van der Waals surface area contributed by atoms with Crippen LogP contribution in [-0.2, 0) is 0 Å². The number of aromatic nitrogens is 4. The van der Waals surface area contributed by atoms with Crippen molar-refractivity contribution >= 4 is 28.5 Å². The van der Waals surface area contributed by atoms with Crippen LogP contribution in [0.3, 0.4) is 0 Å². The standard InChI is InChI=1S/C18H19ClFN5O/c1-18(4-2-3-11(26)6-18)25-17-14(20)9-23-16(24-17)13-8-22-15-12(13)5-10(19)7-21-15/h5,7-9,11,26H,2-4,6H2,1H3,(H,21,22)(H,23,24,25)/t11-,18?/m0/s1. The average Bonchev–Trinajstić information content (AvgIpc) is 2.99. The van der Waals surface area contributed by atoms with Crippen LogP contribution in [-0.4, -0.2) is 36.7 Å². The van der Waals surface area contributed by atoms with Crippen LogP contribution in [0.5, 0.6) is 0 Å². The van der Waals surface area contributed by atoms with Crippen molar-refractivity contribution < 1.29 is 9.50 Å². The van der Waals surface area contributed by atoms with Gasteiger partial charge < -0.3 is 15.4 Å². The molecule has 1 unspecified atom stereocenters. The third kappa shape index (κ3) is 3.24. The minimum atomic E-state index is -0.522. The summed E-state index contributed by atoms with van der Waals surface area (Å²) in [6, 6.07) is 1.77. The molecule has 0 spiro atoms. The topological polar surface area (TPSA) is 86.7 Å². The zero-order valence-corrected chi connectivity index (χ0v) is 15.0. The van der Waals surface area contributed by atoms with Crippen molar-refractivity contribution in [3.63, 3.8) is 0 Å². The summed E-state index contributed by atoms with van der Waals surface area (Å²) in [5, 5.41) is 14.4. The highest BCUT2D eigenvalue weighted by atomic mass is 35.5. The monoisotopic (exact) mass is 375 g/mol. The summed E-state index contributed by atoms with van der Waals surface area (Å²) < 4.78 is 14.3. The lowest BCUT2D eigenvalue weighted by atomic mass is 9.81. The van der Waals surface area contributed by atoms with Gasteiger partial charge in [0.05, 0.1) is 17.3 Å². The smallest absolute Gasteiger partial charge is 0.183 e. The van der Waals surface area contributed by atoms with Gasteiger partial charge in [0.25, 0.3) is 0 Å². The van der Waals surface area contributed by atoms with Crippen LogP contribution < -0.4 is 5.32 Å². The molecule has 3 aromatic heterocycles. The van der Waals surface area contributed by atoms with Crippen LogP contribution in [0.2, 0.25) is 5.02 Å². The number of anilines is 1. The van der Waals surface area contributed by atoms with E-state index in [4.69, 9.17) is 11.6 Å². The molecule has 2 atom stereocenters. The molecule has 0 bridgehead atoms. The molecule has 0 aromatic carbocycles. The van der Waals surface area contributed by atoms with Gasteiger partial charge in [-0.2, -0.15) is 0 Å². The maximum absolute atomic E-state index is 14.3. The van der Waals surface area contributed by atoms with Gasteiger partial charge in [-0.1, -0.05) is 11.6 Å². The predicted octanol–water partition coefficient (Wildman–Crippen LogP) is 3.92. The molecule has 3 heterocycles. The Bertz CT molecular complexity index is 962. The molecule has 0 amide bonds. The van der Waals surface area contributed by atoms with Crippen molar-refractivity contribution in [2.75, 3.05) is 5.32 Å². The number of aromatic amines is 1. The summed E-state index contributed by atoms with van der Waals surface area (Å²) >= 11 is 6.04. The fourth-order valence-electron chi connectivity index (χ4n) is 3.60. The quantitative estimate of drug-likeness (QED) is 0.646. The van der Waals surface area contributed by atoms with Gasteiger partial charge in [-0.25, -0.2) is 19.3 Å². The third-order valence-corrected chi connectivity index (χ3v) is 5.06. The molecule has 1 aliphatic carbocycles. The van der Waals surface area contributed by atoms with Crippen LogP contribution in [0.15, 0.2) is 24.7 Å². The fourth-order valence-corrected chi connectivity index (χ4v) is 3.76. The van der Waals surface area contributed by atoms with E-state index < -0.39 is 11.4 Å². The van der Waals surface area contributed by atoms with Gasteiger partial charge in [-0.05, 0) is 38.7 Å². The second kappa shape index (κ2) is 6.48. The van der Waals surface area contributed by atoms with Crippen LogP contribution in [0.1, 0.15) is 32.6 Å². The van der Waals surface area contributed by atoms with Crippen molar-refractivity contribution in [1.82, 2.24) is 19.9 Å². The lowest BCUT2D eigenvalue weighted by molar-refractivity contribution is 0.1000. The minimum Gasteiger partial charge on any atom is -0.393 e. The van der Waals surface area contributed by atoms with E-state index in [9.17, 15) is 9.50 Å². The van der Waals surface area contributed by atoms with Crippen molar-refractivity contribution in [2.45, 2.75) is 44.2 Å².